The monoisotopic (exact) mass is 430 g/mol. The summed E-state index contributed by atoms with van der Waals surface area (Å²) in [4.78, 5) is 0. The van der Waals surface area contributed by atoms with Crippen molar-refractivity contribution in [2.45, 2.75) is 120 Å². The molecule has 6 nitrogen and oxygen atoms in total. The number of hydrogen-bond acceptors (Lipinski definition) is 6. The third-order valence-electron chi connectivity index (χ3n) is 9.71. The summed E-state index contributed by atoms with van der Waals surface area (Å²) in [7, 11) is 0. The van der Waals surface area contributed by atoms with Gasteiger partial charge in [0.15, 0.2) is 5.60 Å². The summed E-state index contributed by atoms with van der Waals surface area (Å²) >= 11 is 0. The predicted molar refractivity (Wildman–Crippen MR) is 111 cm³/mol. The molecule has 0 radical (unpaired) electrons. The van der Waals surface area contributed by atoms with Crippen molar-refractivity contribution in [1.29, 1.82) is 0 Å². The molecule has 0 unspecified atom stereocenters. The van der Waals surface area contributed by atoms with E-state index >= 15 is 0 Å². The van der Waals surface area contributed by atoms with Crippen molar-refractivity contribution in [1.82, 2.24) is 0 Å². The number of epoxide rings is 3. The van der Waals surface area contributed by atoms with Crippen LogP contribution in [0.25, 0.3) is 0 Å². The molecule has 6 heteroatoms. The fraction of sp³-hybridized carbons (Fsp3) is 0.840. The van der Waals surface area contributed by atoms with Crippen LogP contribution in [0.1, 0.15) is 77.2 Å². The van der Waals surface area contributed by atoms with Crippen molar-refractivity contribution >= 4 is 0 Å². The second-order valence-electron chi connectivity index (χ2n) is 12.3. The predicted octanol–water partition coefficient (Wildman–Crippen LogP) is 3.48. The van der Waals surface area contributed by atoms with Gasteiger partial charge in [0.1, 0.15) is 41.9 Å². The highest BCUT2D eigenvalue weighted by atomic mass is 16.7. The van der Waals surface area contributed by atoms with Gasteiger partial charge in [-0.1, -0.05) is 20.8 Å². The lowest BCUT2D eigenvalue weighted by Crippen LogP contribution is -2.68. The van der Waals surface area contributed by atoms with Crippen LogP contribution in [0.2, 0.25) is 0 Å². The molecule has 7 rings (SSSR count). The van der Waals surface area contributed by atoms with Gasteiger partial charge in [0.05, 0.1) is 18.0 Å². The van der Waals surface area contributed by atoms with Crippen molar-refractivity contribution in [3.8, 4) is 0 Å². The molecule has 3 aliphatic carbocycles. The minimum Gasteiger partial charge on any atom is -0.466 e. The largest absolute Gasteiger partial charge is 0.466 e. The van der Waals surface area contributed by atoms with E-state index in [0.29, 0.717) is 12.5 Å². The molecule has 0 aromatic carbocycles. The first-order valence-corrected chi connectivity index (χ1v) is 12.0. The molecule has 5 fully saturated rings. The molecule has 6 aliphatic rings. The Morgan fingerprint density at radius 2 is 1.97 bits per heavy atom. The van der Waals surface area contributed by atoms with Gasteiger partial charge in [-0.15, -0.1) is 0 Å². The van der Waals surface area contributed by atoms with Crippen LogP contribution < -0.4 is 0 Å². The van der Waals surface area contributed by atoms with E-state index < -0.39 is 22.9 Å². The maximum absolute atomic E-state index is 11.6. The Morgan fingerprint density at radius 1 is 1.19 bits per heavy atom. The van der Waals surface area contributed by atoms with E-state index in [1.54, 1.807) is 0 Å². The minimum atomic E-state index is -0.631. The standard InChI is InChI=1S/C25H34O6/c1-12(2)23-18(30-23)19-25(31-19)22(6)8-7-13-14(10-27-16(13)11-28-21(3,4)5)15(22)9-17-24(25,29-17)20(23)26/h10,12,15,17-20,26H,7-9,11H2,1-6H3/t15-,17-,18-,19-,20+,22-,23-,24+,25+/m0/s1. The molecule has 0 bridgehead atoms. The van der Waals surface area contributed by atoms with Gasteiger partial charge in [0, 0.05) is 5.41 Å². The van der Waals surface area contributed by atoms with Crippen molar-refractivity contribution in [2.24, 2.45) is 11.3 Å². The molecule has 31 heavy (non-hydrogen) atoms. The average molecular weight is 431 g/mol. The molecule has 2 spiro atoms. The van der Waals surface area contributed by atoms with Crippen molar-refractivity contribution in [2.75, 3.05) is 0 Å². The lowest BCUT2D eigenvalue weighted by atomic mass is 9.47. The van der Waals surface area contributed by atoms with Crippen LogP contribution in [0, 0.1) is 11.3 Å². The number of fused-ring (bicyclic) bond motifs is 5. The van der Waals surface area contributed by atoms with Crippen molar-refractivity contribution in [3.63, 3.8) is 0 Å². The van der Waals surface area contributed by atoms with Gasteiger partial charge >= 0.3 is 0 Å². The number of aliphatic hydroxyl groups excluding tert-OH is 1. The maximum Gasteiger partial charge on any atom is 0.155 e. The Labute approximate surface area is 183 Å². The molecular formula is C25H34O6. The van der Waals surface area contributed by atoms with Crippen LogP contribution in [0.5, 0.6) is 0 Å². The molecule has 2 saturated carbocycles. The second kappa shape index (κ2) is 5.25. The fourth-order valence-corrected chi connectivity index (χ4v) is 8.04. The van der Waals surface area contributed by atoms with Crippen LogP contribution in [0.15, 0.2) is 10.7 Å². The molecular weight excluding hydrogens is 396 g/mol. The van der Waals surface area contributed by atoms with Gasteiger partial charge in [-0.3, -0.25) is 0 Å². The summed E-state index contributed by atoms with van der Waals surface area (Å²) in [6.07, 6.45) is 4.17. The van der Waals surface area contributed by atoms with Gasteiger partial charge in [0.25, 0.3) is 0 Å². The Morgan fingerprint density at radius 3 is 2.68 bits per heavy atom. The Bertz CT molecular complexity index is 977. The quantitative estimate of drug-likeness (QED) is 0.740. The Balaban J connectivity index is 1.27. The van der Waals surface area contributed by atoms with Gasteiger partial charge in [-0.25, -0.2) is 0 Å². The highest BCUT2D eigenvalue weighted by Crippen LogP contribution is 2.83. The minimum absolute atomic E-state index is 0.0153. The lowest BCUT2D eigenvalue weighted by molar-refractivity contribution is -0.0921. The summed E-state index contributed by atoms with van der Waals surface area (Å²) in [5.41, 5.74) is 0.720. The molecule has 170 valence electrons. The number of rotatable bonds is 3. The number of hydrogen-bond donors (Lipinski definition) is 1. The number of aliphatic hydroxyl groups is 1. The summed E-state index contributed by atoms with van der Waals surface area (Å²) < 4.78 is 31.4. The normalized spacial score (nSPS) is 53.0. The molecule has 1 N–H and O–H groups in total. The van der Waals surface area contributed by atoms with E-state index in [1.165, 1.54) is 11.1 Å². The fourth-order valence-electron chi connectivity index (χ4n) is 8.04. The molecule has 1 aromatic heterocycles. The van der Waals surface area contributed by atoms with Crippen LogP contribution in [0.3, 0.4) is 0 Å². The van der Waals surface area contributed by atoms with Gasteiger partial charge < -0.3 is 28.5 Å². The summed E-state index contributed by atoms with van der Waals surface area (Å²) in [6.45, 7) is 13.3. The highest BCUT2D eigenvalue weighted by molar-refractivity contribution is 5.51. The van der Waals surface area contributed by atoms with Crippen LogP contribution in [-0.4, -0.2) is 51.9 Å². The maximum atomic E-state index is 11.6. The first-order chi connectivity index (χ1) is 14.5. The summed E-state index contributed by atoms with van der Waals surface area (Å²) in [5.74, 6) is 1.49. The topological polar surface area (TPSA) is 80.2 Å². The smallest absolute Gasteiger partial charge is 0.155 e. The summed E-state index contributed by atoms with van der Waals surface area (Å²) in [5, 5.41) is 11.6. The van der Waals surface area contributed by atoms with E-state index in [1.807, 2.05) is 6.26 Å². The van der Waals surface area contributed by atoms with Crippen molar-refractivity contribution < 1.29 is 28.5 Å². The molecule has 3 saturated heterocycles. The zero-order valence-electron chi connectivity index (χ0n) is 19.4. The zero-order chi connectivity index (χ0) is 21.8. The van der Waals surface area contributed by atoms with E-state index in [4.69, 9.17) is 23.4 Å². The molecule has 4 heterocycles. The summed E-state index contributed by atoms with van der Waals surface area (Å²) in [6, 6.07) is 0. The van der Waals surface area contributed by atoms with E-state index in [-0.39, 0.29) is 35.2 Å². The van der Waals surface area contributed by atoms with E-state index in [0.717, 1.165) is 25.0 Å². The third kappa shape index (κ3) is 1.93. The SMILES string of the molecule is CC(C)[C@]12O[C@H]1[C@@H]1O[C@]13[C@]1(O[C@H]1C[C@H]1c4coc(COC(C)(C)C)c4CC[C@@]13C)[C@@H]2O. The number of furan rings is 1. The van der Waals surface area contributed by atoms with Gasteiger partial charge in [-0.2, -0.15) is 0 Å². The first-order valence-electron chi connectivity index (χ1n) is 12.0. The molecule has 0 amide bonds. The average Bonchev–Trinajstić information content (AvgIpc) is 3.57. The lowest BCUT2D eigenvalue weighted by Gasteiger charge is -2.53. The van der Waals surface area contributed by atoms with Crippen LogP contribution in [0.4, 0.5) is 0 Å². The third-order valence-corrected chi connectivity index (χ3v) is 9.71. The van der Waals surface area contributed by atoms with Gasteiger partial charge in [0.2, 0.25) is 0 Å². The highest BCUT2D eigenvalue weighted by Gasteiger charge is 3.00. The van der Waals surface area contributed by atoms with E-state index in [2.05, 4.69) is 41.5 Å². The van der Waals surface area contributed by atoms with Crippen molar-refractivity contribution in [3.05, 3.63) is 23.2 Å². The van der Waals surface area contributed by atoms with Crippen LogP contribution >= 0.6 is 0 Å². The first kappa shape index (κ1) is 19.5. The van der Waals surface area contributed by atoms with E-state index in [9.17, 15) is 5.11 Å². The Hall–Kier alpha value is -0.920. The Kier molecular flexibility index (Phi) is 3.31. The molecule has 1 aromatic rings. The second-order valence-corrected chi connectivity index (χ2v) is 12.3. The number of ether oxygens (including phenoxy) is 4. The molecule has 3 aliphatic heterocycles. The molecule has 9 atom stereocenters. The zero-order valence-corrected chi connectivity index (χ0v) is 19.4. The van der Waals surface area contributed by atoms with Gasteiger partial charge in [-0.05, 0) is 63.0 Å². The van der Waals surface area contributed by atoms with Crippen LogP contribution in [-0.2, 0) is 32.0 Å².